The second kappa shape index (κ2) is 13.3. The molecule has 1 saturated heterocycles. The summed E-state index contributed by atoms with van der Waals surface area (Å²) in [6.07, 6.45) is 4.69. The highest BCUT2D eigenvalue weighted by molar-refractivity contribution is 6.31. The monoisotopic (exact) mass is 498 g/mol. The summed E-state index contributed by atoms with van der Waals surface area (Å²) in [5.41, 5.74) is 6.47. The zero-order chi connectivity index (χ0) is 25.2. The Labute approximate surface area is 212 Å². The van der Waals surface area contributed by atoms with Crippen molar-refractivity contribution in [3.8, 4) is 0 Å². The summed E-state index contributed by atoms with van der Waals surface area (Å²) in [6.45, 7) is 5.24. The first-order chi connectivity index (χ1) is 16.9. The number of carbonyl (C=O) groups excluding carboxylic acids is 2. The summed E-state index contributed by atoms with van der Waals surface area (Å²) >= 11 is 6.07. The molecule has 0 bridgehead atoms. The van der Waals surface area contributed by atoms with Crippen LogP contribution in [0.1, 0.15) is 42.4 Å². The van der Waals surface area contributed by atoms with Crippen LogP contribution in [0.5, 0.6) is 0 Å². The second-order valence-electron chi connectivity index (χ2n) is 8.92. The number of likely N-dealkylation sites (tertiary alicyclic amines) is 1. The fourth-order valence-corrected chi connectivity index (χ4v) is 4.41. The number of nitrogens with two attached hydrogens (primary N) is 1. The van der Waals surface area contributed by atoms with Gasteiger partial charge in [-0.2, -0.15) is 0 Å². The van der Waals surface area contributed by atoms with Crippen molar-refractivity contribution in [1.82, 2.24) is 15.6 Å². The van der Waals surface area contributed by atoms with Gasteiger partial charge >= 0.3 is 0 Å². The number of carbonyl (C=O) groups is 2. The molecule has 2 fully saturated rings. The zero-order valence-electron chi connectivity index (χ0n) is 20.4. The number of hydrogen-bond donors (Lipinski definition) is 4. The molecule has 5 N–H and O–H groups in total. The number of rotatable bonds is 7. The maximum absolute atomic E-state index is 11.4. The van der Waals surface area contributed by atoms with E-state index in [0.29, 0.717) is 29.8 Å². The van der Waals surface area contributed by atoms with Crippen molar-refractivity contribution >= 4 is 35.3 Å². The van der Waals surface area contributed by atoms with Gasteiger partial charge in [0.05, 0.1) is 6.04 Å². The Morgan fingerprint density at radius 1 is 1.20 bits per heavy atom. The minimum atomic E-state index is 0.153. The van der Waals surface area contributed by atoms with Crippen molar-refractivity contribution in [3.63, 3.8) is 0 Å². The number of aliphatic imine (C=N–C) groups is 1. The van der Waals surface area contributed by atoms with Crippen molar-refractivity contribution in [3.05, 3.63) is 64.2 Å². The van der Waals surface area contributed by atoms with Crippen molar-refractivity contribution < 1.29 is 9.59 Å². The molecule has 0 aromatic heterocycles. The minimum Gasteiger partial charge on any atom is -0.329 e. The van der Waals surface area contributed by atoms with Gasteiger partial charge in [0, 0.05) is 42.3 Å². The highest BCUT2D eigenvalue weighted by Crippen LogP contribution is 2.21. The number of benzene rings is 2. The van der Waals surface area contributed by atoms with Gasteiger partial charge in [0.25, 0.3) is 0 Å². The van der Waals surface area contributed by atoms with Crippen LogP contribution >= 0.6 is 11.6 Å². The fourth-order valence-electron chi connectivity index (χ4n) is 4.29. The number of Topliss-reactive ketones (excluding diaryl/α,β-unsaturated/α-hetero) is 1. The lowest BCUT2D eigenvalue weighted by Gasteiger charge is -2.36. The van der Waals surface area contributed by atoms with E-state index in [9.17, 15) is 9.59 Å². The molecule has 1 aliphatic carbocycles. The van der Waals surface area contributed by atoms with Gasteiger partial charge in [0.1, 0.15) is 11.6 Å². The summed E-state index contributed by atoms with van der Waals surface area (Å²) in [5.74, 6) is 6.23. The van der Waals surface area contributed by atoms with Crippen LogP contribution in [0.4, 0.5) is 5.69 Å². The van der Waals surface area contributed by atoms with Crippen molar-refractivity contribution in [2.24, 2.45) is 10.8 Å². The van der Waals surface area contributed by atoms with Gasteiger partial charge in [-0.25, -0.2) is 5.84 Å². The van der Waals surface area contributed by atoms with Crippen molar-refractivity contribution in [2.45, 2.75) is 51.2 Å². The summed E-state index contributed by atoms with van der Waals surface area (Å²) in [7, 11) is 1.63. The molecule has 1 saturated carbocycles. The molecule has 1 atom stereocenters. The largest absolute Gasteiger partial charge is 0.329 e. The topological polar surface area (TPSA) is 112 Å². The second-order valence-corrected chi connectivity index (χ2v) is 9.32. The van der Waals surface area contributed by atoms with Crippen LogP contribution in [-0.2, 0) is 16.1 Å². The maximum Gasteiger partial charge on any atom is 0.211 e. The number of piperidine rings is 1. The molecule has 188 valence electrons. The van der Waals surface area contributed by atoms with Crippen LogP contribution < -0.4 is 21.9 Å². The fraction of sp³-hybridized carbons (Fsp3) is 0.423. The number of halogens is 1. The predicted octanol–water partition coefficient (Wildman–Crippen LogP) is 3.03. The Bertz CT molecular complexity index is 1040. The van der Waals surface area contributed by atoms with E-state index in [0.717, 1.165) is 61.5 Å². The van der Waals surface area contributed by atoms with E-state index in [4.69, 9.17) is 17.4 Å². The first-order valence-electron chi connectivity index (χ1n) is 11.9. The minimum absolute atomic E-state index is 0.153. The Kier molecular flexibility index (Phi) is 10.2. The normalized spacial score (nSPS) is 18.8. The third-order valence-electron chi connectivity index (χ3n) is 6.44. The summed E-state index contributed by atoms with van der Waals surface area (Å²) in [5, 5.41) is 6.90. The number of amidine groups is 1. The number of hydrazine groups is 1. The van der Waals surface area contributed by atoms with E-state index in [1.165, 1.54) is 5.56 Å². The van der Waals surface area contributed by atoms with Crippen molar-refractivity contribution in [1.29, 1.82) is 0 Å². The van der Waals surface area contributed by atoms with E-state index >= 15 is 0 Å². The maximum atomic E-state index is 11.4. The van der Waals surface area contributed by atoms with Gasteiger partial charge in [-0.3, -0.25) is 19.5 Å². The molecule has 35 heavy (non-hydrogen) atoms. The zero-order valence-corrected chi connectivity index (χ0v) is 21.1. The quantitative estimate of drug-likeness (QED) is 0.153. The molecule has 0 spiro atoms. The van der Waals surface area contributed by atoms with Crippen LogP contribution in [0, 0.1) is 6.92 Å². The molecule has 0 radical (unpaired) electrons. The Morgan fingerprint density at radius 3 is 2.54 bits per heavy atom. The third kappa shape index (κ3) is 7.86. The number of hydrogen-bond acceptors (Lipinski definition) is 6. The highest BCUT2D eigenvalue weighted by Gasteiger charge is 2.31. The standard InChI is InChI=1S/C17H23ClN2O.C9H12N4O/c1-12-10-13(2-3-15(12)18)11-20-8-6-14(7-9-20)19-16-4-5-17(16)21;1-11-9(13-10)7-3-2-4-8(5-7)12-6-14/h2-3,10,14,16,19H,4-9,11H2,1H3;2-6H,10H2,1H3,(H,11,13)(H,12,14). The predicted molar refractivity (Wildman–Crippen MR) is 142 cm³/mol. The van der Waals surface area contributed by atoms with Crippen LogP contribution in [0.25, 0.3) is 0 Å². The van der Waals surface area contributed by atoms with Crippen molar-refractivity contribution in [2.75, 3.05) is 25.5 Å². The number of nitrogens with one attached hydrogen (secondary N) is 3. The van der Waals surface area contributed by atoms with Gasteiger partial charge in [-0.1, -0.05) is 35.9 Å². The summed E-state index contributed by atoms with van der Waals surface area (Å²) < 4.78 is 0. The number of nitrogens with zero attached hydrogens (tertiary/aromatic N) is 2. The molecule has 9 heteroatoms. The van der Waals surface area contributed by atoms with E-state index in [-0.39, 0.29) is 6.04 Å². The Morgan fingerprint density at radius 2 is 1.97 bits per heavy atom. The van der Waals surface area contributed by atoms with Gasteiger partial charge in [-0.15, -0.1) is 0 Å². The number of anilines is 1. The first kappa shape index (κ1) is 26.8. The molecule has 2 aromatic rings. The molecule has 1 aliphatic heterocycles. The van der Waals surface area contributed by atoms with E-state index in [1.54, 1.807) is 19.2 Å². The Hall–Kier alpha value is -2.78. The van der Waals surface area contributed by atoms with Gasteiger partial charge < -0.3 is 16.1 Å². The molecular weight excluding hydrogens is 464 g/mol. The van der Waals surface area contributed by atoms with Gasteiger partial charge in [-0.05, 0) is 68.6 Å². The molecular formula is C26H35ClN6O2. The lowest BCUT2D eigenvalue weighted by Crippen LogP contribution is -2.52. The molecule has 1 unspecified atom stereocenters. The molecule has 8 nitrogen and oxygen atoms in total. The number of aryl methyl sites for hydroxylation is 1. The van der Waals surface area contributed by atoms with Gasteiger partial charge in [0.2, 0.25) is 6.41 Å². The number of amides is 1. The van der Waals surface area contributed by atoms with E-state index in [2.05, 4.69) is 45.0 Å². The van der Waals surface area contributed by atoms with Crippen LogP contribution in [0.3, 0.4) is 0 Å². The van der Waals surface area contributed by atoms with Crippen LogP contribution in [-0.4, -0.2) is 55.1 Å². The molecule has 2 aliphatic rings. The molecule has 4 rings (SSSR count). The molecule has 1 amide bonds. The highest BCUT2D eigenvalue weighted by atomic mass is 35.5. The van der Waals surface area contributed by atoms with Crippen LogP contribution in [0.15, 0.2) is 47.5 Å². The lowest BCUT2D eigenvalue weighted by molar-refractivity contribution is -0.126. The molecule has 2 aromatic carbocycles. The lowest BCUT2D eigenvalue weighted by atomic mass is 9.89. The smallest absolute Gasteiger partial charge is 0.211 e. The average Bonchev–Trinajstić information content (AvgIpc) is 2.86. The first-order valence-corrected chi connectivity index (χ1v) is 12.3. The molecule has 1 heterocycles. The third-order valence-corrected chi connectivity index (χ3v) is 6.87. The summed E-state index contributed by atoms with van der Waals surface area (Å²) in [6, 6.07) is 14.2. The van der Waals surface area contributed by atoms with Gasteiger partial charge in [0.15, 0.2) is 0 Å². The van der Waals surface area contributed by atoms with E-state index in [1.807, 2.05) is 18.2 Å². The summed E-state index contributed by atoms with van der Waals surface area (Å²) in [4.78, 5) is 28.0. The number of ketones is 1. The van der Waals surface area contributed by atoms with E-state index < -0.39 is 0 Å². The Balaban J connectivity index is 0.000000214. The average molecular weight is 499 g/mol. The van der Waals surface area contributed by atoms with Crippen LogP contribution in [0.2, 0.25) is 5.02 Å². The SMILES string of the molecule is CN=C(NN)c1cccc(NC=O)c1.Cc1cc(CN2CCC(NC3CCC3=O)CC2)ccc1Cl.